The third-order valence-electron chi connectivity index (χ3n) is 4.08. The highest BCUT2D eigenvalue weighted by atomic mass is 15.1. The van der Waals surface area contributed by atoms with Crippen molar-refractivity contribution in [3.8, 4) is 0 Å². The van der Waals surface area contributed by atoms with Crippen LogP contribution in [-0.2, 0) is 13.5 Å². The molecule has 100 valence electrons. The standard InChI is InChI=1S/C16H16N4/c1-20-14-7-8-17-10-13(14)19-16(20)15-12-5-3-2-4-11(12)6-9-18-15/h2-5,7-8,10,15,18H,6,9H2,1H3. The lowest BCUT2D eigenvalue weighted by molar-refractivity contribution is 0.532. The molecule has 1 N–H and O–H groups in total. The van der Waals surface area contributed by atoms with E-state index in [1.807, 2.05) is 18.5 Å². The number of rotatable bonds is 1. The fraction of sp³-hybridized carbons (Fsp3) is 0.250. The van der Waals surface area contributed by atoms with Crippen LogP contribution in [0.3, 0.4) is 0 Å². The topological polar surface area (TPSA) is 42.7 Å². The van der Waals surface area contributed by atoms with Gasteiger partial charge in [-0.25, -0.2) is 4.98 Å². The van der Waals surface area contributed by atoms with Crippen molar-refractivity contribution in [3.05, 3.63) is 59.7 Å². The van der Waals surface area contributed by atoms with E-state index in [1.165, 1.54) is 11.1 Å². The van der Waals surface area contributed by atoms with Gasteiger partial charge >= 0.3 is 0 Å². The lowest BCUT2D eigenvalue weighted by Gasteiger charge is -2.26. The summed E-state index contributed by atoms with van der Waals surface area (Å²) in [6, 6.07) is 10.8. The maximum Gasteiger partial charge on any atom is 0.131 e. The minimum Gasteiger partial charge on any atom is -0.329 e. The van der Waals surface area contributed by atoms with Crippen molar-refractivity contribution >= 4 is 11.0 Å². The molecule has 0 fully saturated rings. The molecule has 1 unspecified atom stereocenters. The van der Waals surface area contributed by atoms with Gasteiger partial charge < -0.3 is 9.88 Å². The molecular formula is C16H16N4. The quantitative estimate of drug-likeness (QED) is 0.732. The zero-order chi connectivity index (χ0) is 13.5. The first-order valence-electron chi connectivity index (χ1n) is 6.92. The number of aromatic nitrogens is 3. The Balaban J connectivity index is 1.90. The second kappa shape index (κ2) is 4.42. The van der Waals surface area contributed by atoms with Gasteiger partial charge in [-0.1, -0.05) is 24.3 Å². The predicted octanol–water partition coefficient (Wildman–Crippen LogP) is 2.20. The molecule has 0 spiro atoms. The van der Waals surface area contributed by atoms with Gasteiger partial charge in [0.1, 0.15) is 11.3 Å². The van der Waals surface area contributed by atoms with Crippen LogP contribution in [0.5, 0.6) is 0 Å². The Hall–Kier alpha value is -2.20. The molecule has 0 saturated heterocycles. The average molecular weight is 264 g/mol. The summed E-state index contributed by atoms with van der Waals surface area (Å²) in [7, 11) is 2.07. The molecule has 0 radical (unpaired) electrons. The first-order valence-corrected chi connectivity index (χ1v) is 6.92. The summed E-state index contributed by atoms with van der Waals surface area (Å²) in [6.45, 7) is 0.989. The number of hydrogen-bond acceptors (Lipinski definition) is 3. The number of fused-ring (bicyclic) bond motifs is 2. The second-order valence-corrected chi connectivity index (χ2v) is 5.23. The Bertz CT molecular complexity index is 775. The lowest BCUT2D eigenvalue weighted by Crippen LogP contribution is -2.32. The van der Waals surface area contributed by atoms with E-state index in [9.17, 15) is 0 Å². The Morgan fingerprint density at radius 1 is 1.25 bits per heavy atom. The molecule has 1 aromatic carbocycles. The van der Waals surface area contributed by atoms with Gasteiger partial charge in [0, 0.05) is 19.8 Å². The van der Waals surface area contributed by atoms with Crippen molar-refractivity contribution < 1.29 is 0 Å². The molecule has 1 aliphatic heterocycles. The van der Waals surface area contributed by atoms with Crippen molar-refractivity contribution in [1.82, 2.24) is 19.9 Å². The molecule has 3 aromatic rings. The first-order chi connectivity index (χ1) is 9.84. The van der Waals surface area contributed by atoms with E-state index in [-0.39, 0.29) is 6.04 Å². The fourth-order valence-electron chi connectivity index (χ4n) is 3.06. The molecule has 1 atom stereocenters. The largest absolute Gasteiger partial charge is 0.329 e. The van der Waals surface area contributed by atoms with E-state index in [0.717, 1.165) is 29.8 Å². The average Bonchev–Trinajstić information content (AvgIpc) is 2.84. The predicted molar refractivity (Wildman–Crippen MR) is 78.5 cm³/mol. The monoisotopic (exact) mass is 264 g/mol. The lowest BCUT2D eigenvalue weighted by atomic mass is 9.94. The van der Waals surface area contributed by atoms with Gasteiger partial charge in [0.2, 0.25) is 0 Å². The van der Waals surface area contributed by atoms with Crippen LogP contribution in [-0.4, -0.2) is 21.1 Å². The molecule has 0 amide bonds. The first kappa shape index (κ1) is 11.6. The van der Waals surface area contributed by atoms with Crippen LogP contribution < -0.4 is 5.32 Å². The van der Waals surface area contributed by atoms with Crippen LogP contribution in [0.1, 0.15) is 23.0 Å². The highest BCUT2D eigenvalue weighted by Crippen LogP contribution is 2.29. The van der Waals surface area contributed by atoms with E-state index < -0.39 is 0 Å². The summed E-state index contributed by atoms with van der Waals surface area (Å²) in [4.78, 5) is 8.93. The van der Waals surface area contributed by atoms with Gasteiger partial charge in [0.25, 0.3) is 0 Å². The van der Waals surface area contributed by atoms with Crippen LogP contribution >= 0.6 is 0 Å². The maximum absolute atomic E-state index is 4.77. The molecule has 4 nitrogen and oxygen atoms in total. The fourth-order valence-corrected chi connectivity index (χ4v) is 3.06. The van der Waals surface area contributed by atoms with E-state index in [2.05, 4.69) is 46.2 Å². The SMILES string of the molecule is Cn1c(C2NCCc3ccccc32)nc2cnccc21. The zero-order valence-corrected chi connectivity index (χ0v) is 11.4. The van der Waals surface area contributed by atoms with E-state index in [4.69, 9.17) is 4.98 Å². The summed E-state index contributed by atoms with van der Waals surface area (Å²) in [6.07, 6.45) is 4.72. The molecule has 3 heterocycles. The van der Waals surface area contributed by atoms with Crippen molar-refractivity contribution in [2.24, 2.45) is 7.05 Å². The molecule has 0 bridgehead atoms. The smallest absolute Gasteiger partial charge is 0.131 e. The van der Waals surface area contributed by atoms with Gasteiger partial charge in [0.05, 0.1) is 17.8 Å². The third-order valence-corrected chi connectivity index (χ3v) is 4.08. The molecule has 0 aliphatic carbocycles. The van der Waals surface area contributed by atoms with Crippen molar-refractivity contribution in [1.29, 1.82) is 0 Å². The number of nitrogens with zero attached hydrogens (tertiary/aromatic N) is 3. The number of benzene rings is 1. The molecule has 20 heavy (non-hydrogen) atoms. The Morgan fingerprint density at radius 2 is 2.15 bits per heavy atom. The molecule has 0 saturated carbocycles. The van der Waals surface area contributed by atoms with Crippen LogP contribution in [0.15, 0.2) is 42.7 Å². The summed E-state index contributed by atoms with van der Waals surface area (Å²) in [5.74, 6) is 1.06. The third kappa shape index (κ3) is 1.65. The molecule has 4 rings (SSSR count). The number of hydrogen-bond donors (Lipinski definition) is 1. The Morgan fingerprint density at radius 3 is 3.05 bits per heavy atom. The molecular weight excluding hydrogens is 248 g/mol. The summed E-state index contributed by atoms with van der Waals surface area (Å²) in [5.41, 5.74) is 4.83. The summed E-state index contributed by atoms with van der Waals surface area (Å²) >= 11 is 0. The number of imidazole rings is 1. The number of pyridine rings is 1. The Kier molecular flexibility index (Phi) is 2.57. The van der Waals surface area contributed by atoms with Gasteiger partial charge in [-0.2, -0.15) is 0 Å². The van der Waals surface area contributed by atoms with Crippen molar-refractivity contribution in [3.63, 3.8) is 0 Å². The van der Waals surface area contributed by atoms with Crippen LogP contribution in [0.25, 0.3) is 11.0 Å². The van der Waals surface area contributed by atoms with Crippen molar-refractivity contribution in [2.75, 3.05) is 6.54 Å². The minimum atomic E-state index is 0.164. The Labute approximate surface area is 117 Å². The highest BCUT2D eigenvalue weighted by molar-refractivity contribution is 5.74. The van der Waals surface area contributed by atoms with Gasteiger partial charge in [-0.3, -0.25) is 4.98 Å². The second-order valence-electron chi connectivity index (χ2n) is 5.23. The van der Waals surface area contributed by atoms with Crippen LogP contribution in [0, 0.1) is 0 Å². The van der Waals surface area contributed by atoms with Crippen molar-refractivity contribution in [2.45, 2.75) is 12.5 Å². The van der Waals surface area contributed by atoms with Crippen LogP contribution in [0.2, 0.25) is 0 Å². The molecule has 1 aliphatic rings. The minimum absolute atomic E-state index is 0.164. The number of aryl methyl sites for hydroxylation is 1. The molecule has 2 aromatic heterocycles. The summed E-state index contributed by atoms with van der Waals surface area (Å²) in [5, 5.41) is 3.59. The van der Waals surface area contributed by atoms with Gasteiger partial charge in [-0.05, 0) is 23.6 Å². The highest BCUT2D eigenvalue weighted by Gasteiger charge is 2.25. The van der Waals surface area contributed by atoms with E-state index in [1.54, 1.807) is 0 Å². The van der Waals surface area contributed by atoms with E-state index in [0.29, 0.717) is 0 Å². The zero-order valence-electron chi connectivity index (χ0n) is 11.4. The summed E-state index contributed by atoms with van der Waals surface area (Å²) < 4.78 is 2.16. The normalized spacial score (nSPS) is 18.1. The number of nitrogens with one attached hydrogen (secondary N) is 1. The van der Waals surface area contributed by atoms with E-state index >= 15 is 0 Å². The molecule has 4 heteroatoms. The van der Waals surface area contributed by atoms with Gasteiger partial charge in [0.15, 0.2) is 0 Å². The maximum atomic E-state index is 4.77. The van der Waals surface area contributed by atoms with Crippen LogP contribution in [0.4, 0.5) is 0 Å². The van der Waals surface area contributed by atoms with Gasteiger partial charge in [-0.15, -0.1) is 0 Å².